The number of nitrogens with one attached hydrogen (secondary N) is 1. The maximum atomic E-state index is 10.9. The van der Waals surface area contributed by atoms with Crippen LogP contribution in [-0.2, 0) is 19.2 Å². The number of hydrogen-bond donors (Lipinski definition) is 1. The fourth-order valence-corrected chi connectivity index (χ4v) is 0.582. The summed E-state index contributed by atoms with van der Waals surface area (Å²) in [4.78, 5) is 36.6. The molecule has 14 heavy (non-hydrogen) atoms. The molecular weight excluding hydrogens is 186 g/mol. The van der Waals surface area contributed by atoms with Crippen molar-refractivity contribution in [3.63, 3.8) is 0 Å². The highest BCUT2D eigenvalue weighted by molar-refractivity contribution is 5.97. The zero-order chi connectivity index (χ0) is 11.1. The number of rotatable bonds is 4. The van der Waals surface area contributed by atoms with Gasteiger partial charge in [0.25, 0.3) is 5.91 Å². The summed E-state index contributed by atoms with van der Waals surface area (Å²) < 4.78 is 0. The number of carbonyl (C=O) groups is 3. The fraction of sp³-hybridized carbons (Fsp3) is 0.444. The predicted octanol–water partition coefficient (Wildman–Crippen LogP) is 0.506. The first-order valence-corrected chi connectivity index (χ1v) is 4.14. The molecule has 0 unspecified atom stereocenters. The Morgan fingerprint density at radius 1 is 1.36 bits per heavy atom. The summed E-state index contributed by atoms with van der Waals surface area (Å²) in [6.07, 6.45) is 0.146. The Bertz CT molecular complexity index is 270. The van der Waals surface area contributed by atoms with E-state index in [0.29, 0.717) is 6.42 Å². The van der Waals surface area contributed by atoms with Crippen LogP contribution in [-0.4, -0.2) is 17.7 Å². The summed E-state index contributed by atoms with van der Waals surface area (Å²) >= 11 is 0. The molecular formula is C9H13NO4. The minimum atomic E-state index is -0.690. The average molecular weight is 199 g/mol. The van der Waals surface area contributed by atoms with E-state index in [0.717, 1.165) is 0 Å². The van der Waals surface area contributed by atoms with Gasteiger partial charge in [0.1, 0.15) is 5.78 Å². The van der Waals surface area contributed by atoms with E-state index in [-0.39, 0.29) is 17.8 Å². The van der Waals surface area contributed by atoms with Crippen molar-refractivity contribution in [3.05, 3.63) is 12.2 Å². The third-order valence-corrected chi connectivity index (χ3v) is 1.38. The van der Waals surface area contributed by atoms with Crippen molar-refractivity contribution in [2.45, 2.75) is 26.7 Å². The fourth-order valence-electron chi connectivity index (χ4n) is 0.582. The molecule has 1 amide bonds. The van der Waals surface area contributed by atoms with Gasteiger partial charge < -0.3 is 4.84 Å². The number of hydrogen-bond acceptors (Lipinski definition) is 4. The topological polar surface area (TPSA) is 72.5 Å². The van der Waals surface area contributed by atoms with Gasteiger partial charge in [-0.2, -0.15) is 5.48 Å². The minimum Gasteiger partial charge on any atom is -0.336 e. The summed E-state index contributed by atoms with van der Waals surface area (Å²) in [6.45, 7) is 6.43. The van der Waals surface area contributed by atoms with E-state index in [9.17, 15) is 14.4 Å². The Morgan fingerprint density at radius 2 is 1.93 bits per heavy atom. The summed E-state index contributed by atoms with van der Waals surface area (Å²) in [7, 11) is 0. The Labute approximate surface area is 82.1 Å². The van der Waals surface area contributed by atoms with Crippen LogP contribution in [0, 0.1) is 0 Å². The molecule has 0 fully saturated rings. The van der Waals surface area contributed by atoms with Crippen molar-refractivity contribution in [2.75, 3.05) is 0 Å². The molecule has 0 saturated heterocycles. The average Bonchev–Trinajstić information content (AvgIpc) is 2.11. The third kappa shape index (κ3) is 5.08. The maximum absolute atomic E-state index is 10.9. The first kappa shape index (κ1) is 12.3. The molecule has 5 nitrogen and oxygen atoms in total. The van der Waals surface area contributed by atoms with Crippen LogP contribution in [0.5, 0.6) is 0 Å². The standard InChI is InChI=1S/C9H13NO4/c1-4-6(2)9(13)14-10-8(12)5-7(3)11/h2,4-5H2,1,3H3,(H,10,12). The summed E-state index contributed by atoms with van der Waals surface area (Å²) in [5.41, 5.74) is 2.12. The lowest BCUT2D eigenvalue weighted by atomic mass is 10.2. The van der Waals surface area contributed by atoms with Gasteiger partial charge >= 0.3 is 5.97 Å². The monoisotopic (exact) mass is 199 g/mol. The Balaban J connectivity index is 3.83. The van der Waals surface area contributed by atoms with E-state index in [1.165, 1.54) is 6.92 Å². The second kappa shape index (κ2) is 5.90. The van der Waals surface area contributed by atoms with E-state index in [1.807, 2.05) is 5.48 Å². The molecule has 0 rings (SSSR count). The van der Waals surface area contributed by atoms with Crippen molar-refractivity contribution >= 4 is 17.7 Å². The number of Topliss-reactive ketones (excluding diaryl/α,β-unsaturated/α-hetero) is 1. The Hall–Kier alpha value is -1.65. The van der Waals surface area contributed by atoms with Gasteiger partial charge in [0.2, 0.25) is 0 Å². The molecule has 5 heteroatoms. The molecule has 0 aliphatic heterocycles. The number of amides is 1. The molecule has 0 bridgehead atoms. The molecule has 0 atom stereocenters. The van der Waals surface area contributed by atoms with Gasteiger partial charge in [-0.05, 0) is 13.3 Å². The minimum absolute atomic E-state index is 0.258. The molecule has 78 valence electrons. The van der Waals surface area contributed by atoms with Crippen LogP contribution >= 0.6 is 0 Å². The van der Waals surface area contributed by atoms with Gasteiger partial charge in [-0.25, -0.2) is 4.79 Å². The molecule has 0 spiro atoms. The largest absolute Gasteiger partial charge is 0.358 e. The molecule has 1 N–H and O–H groups in total. The molecule has 0 aromatic rings. The number of ketones is 1. The molecule has 0 radical (unpaired) electrons. The Morgan fingerprint density at radius 3 is 2.36 bits per heavy atom. The molecule has 0 aliphatic rings. The SMILES string of the molecule is C=C(CC)C(=O)ONC(=O)CC(C)=O. The van der Waals surface area contributed by atoms with Crippen LogP contribution in [0.4, 0.5) is 0 Å². The van der Waals surface area contributed by atoms with Crippen LogP contribution in [0.25, 0.3) is 0 Å². The Kier molecular flexibility index (Phi) is 5.21. The molecule has 0 aromatic carbocycles. The normalized spacial score (nSPS) is 9.00. The van der Waals surface area contributed by atoms with E-state index in [4.69, 9.17) is 0 Å². The van der Waals surface area contributed by atoms with Gasteiger partial charge in [-0.1, -0.05) is 13.5 Å². The second-order valence-corrected chi connectivity index (χ2v) is 2.75. The van der Waals surface area contributed by atoms with E-state index < -0.39 is 11.9 Å². The van der Waals surface area contributed by atoms with Gasteiger partial charge in [0, 0.05) is 5.57 Å². The van der Waals surface area contributed by atoms with Crippen molar-refractivity contribution < 1.29 is 19.2 Å². The number of carbonyl (C=O) groups excluding carboxylic acids is 3. The van der Waals surface area contributed by atoms with Crippen LogP contribution in [0.3, 0.4) is 0 Å². The highest BCUT2D eigenvalue weighted by Gasteiger charge is 2.10. The van der Waals surface area contributed by atoms with Crippen LogP contribution in [0.15, 0.2) is 12.2 Å². The lowest BCUT2D eigenvalue weighted by Crippen LogP contribution is -2.28. The molecule has 0 saturated carbocycles. The van der Waals surface area contributed by atoms with Gasteiger partial charge in [-0.15, -0.1) is 0 Å². The van der Waals surface area contributed by atoms with E-state index in [1.54, 1.807) is 6.92 Å². The lowest BCUT2D eigenvalue weighted by Gasteiger charge is -2.04. The molecule has 0 heterocycles. The summed E-state index contributed by atoms with van der Waals surface area (Å²) in [5, 5.41) is 0. The van der Waals surface area contributed by atoms with E-state index in [2.05, 4.69) is 11.4 Å². The van der Waals surface area contributed by atoms with Gasteiger partial charge in [0.15, 0.2) is 0 Å². The smallest absolute Gasteiger partial charge is 0.336 e. The first-order valence-electron chi connectivity index (χ1n) is 4.14. The van der Waals surface area contributed by atoms with Crippen molar-refractivity contribution in [1.82, 2.24) is 5.48 Å². The number of hydroxylamine groups is 1. The lowest BCUT2D eigenvalue weighted by molar-refractivity contribution is -0.155. The zero-order valence-electron chi connectivity index (χ0n) is 8.25. The van der Waals surface area contributed by atoms with Gasteiger partial charge in [0.05, 0.1) is 6.42 Å². The van der Waals surface area contributed by atoms with E-state index >= 15 is 0 Å². The van der Waals surface area contributed by atoms with Crippen molar-refractivity contribution in [3.8, 4) is 0 Å². The summed E-state index contributed by atoms with van der Waals surface area (Å²) in [5.74, 6) is -1.63. The van der Waals surface area contributed by atoms with Crippen LogP contribution < -0.4 is 5.48 Å². The third-order valence-electron chi connectivity index (χ3n) is 1.38. The maximum Gasteiger partial charge on any atom is 0.358 e. The van der Waals surface area contributed by atoms with Crippen LogP contribution in [0.1, 0.15) is 26.7 Å². The first-order chi connectivity index (χ1) is 6.47. The quantitative estimate of drug-likeness (QED) is 0.406. The summed E-state index contributed by atoms with van der Waals surface area (Å²) in [6, 6.07) is 0. The van der Waals surface area contributed by atoms with Gasteiger partial charge in [-0.3, -0.25) is 9.59 Å². The highest BCUT2D eigenvalue weighted by Crippen LogP contribution is 1.97. The second-order valence-electron chi connectivity index (χ2n) is 2.75. The van der Waals surface area contributed by atoms with Crippen molar-refractivity contribution in [1.29, 1.82) is 0 Å². The predicted molar refractivity (Wildman–Crippen MR) is 49.0 cm³/mol. The highest BCUT2D eigenvalue weighted by atomic mass is 16.7. The zero-order valence-corrected chi connectivity index (χ0v) is 8.25. The molecule has 0 aliphatic carbocycles. The van der Waals surface area contributed by atoms with Crippen molar-refractivity contribution in [2.24, 2.45) is 0 Å². The molecule has 0 aromatic heterocycles. The van der Waals surface area contributed by atoms with Crippen LogP contribution in [0.2, 0.25) is 0 Å².